The summed E-state index contributed by atoms with van der Waals surface area (Å²) in [6.07, 6.45) is 0. The molecule has 3 N–H and O–H groups in total. The van der Waals surface area contributed by atoms with E-state index in [0.717, 1.165) is 4.46 Å². The molecule has 0 aliphatic rings. The topological polar surface area (TPSA) is 64.9 Å². The van der Waals surface area contributed by atoms with Crippen molar-refractivity contribution in [3.05, 3.63) is 36.2 Å². The quantitative estimate of drug-likeness (QED) is 0.476. The molecule has 0 bridgehead atoms. The van der Waals surface area contributed by atoms with Crippen LogP contribution in [-0.4, -0.2) is 21.2 Å². The molecule has 8 heteroatoms. The van der Waals surface area contributed by atoms with Gasteiger partial charge >= 0.3 is 112 Å². The van der Waals surface area contributed by atoms with Crippen molar-refractivity contribution >= 4 is 44.5 Å². The standard InChI is InChI=1S/C7H8N3OSe.2ClH.Pt/c8-9-7(11)10-12-6-4-2-1-3-5-6;;;/h1-5,8H,(H2,9,10,11);2*1H;/q-1;;;+2/p-2. The average molecular weight is 495 g/mol. The van der Waals surface area contributed by atoms with Crippen molar-refractivity contribution in [2.75, 3.05) is 0 Å². The molecule has 4 nitrogen and oxygen atoms in total. The third-order valence-electron chi connectivity index (χ3n) is 1.12. The number of halogens is 2. The minimum absolute atomic E-state index is 0.0909. The molecule has 0 unspecified atom stereocenters. The van der Waals surface area contributed by atoms with Crippen LogP contribution in [0.1, 0.15) is 0 Å². The number of carbonyl (C=O) groups is 1. The molecule has 0 aliphatic carbocycles. The average Bonchev–Trinajstić information content (AvgIpc) is 2.28. The van der Waals surface area contributed by atoms with Gasteiger partial charge in [0.05, 0.1) is 0 Å². The van der Waals surface area contributed by atoms with Gasteiger partial charge in [0.15, 0.2) is 0 Å². The first-order chi connectivity index (χ1) is 7.24. The van der Waals surface area contributed by atoms with Crippen molar-refractivity contribution in [1.29, 1.82) is 0 Å². The van der Waals surface area contributed by atoms with Gasteiger partial charge in [-0.25, -0.2) is 0 Å². The third-order valence-corrected chi connectivity index (χ3v) is 2.79. The molecule has 0 saturated heterocycles. The zero-order chi connectivity index (χ0) is 11.5. The summed E-state index contributed by atoms with van der Waals surface area (Å²) in [6.45, 7) is 0. The van der Waals surface area contributed by atoms with Crippen LogP contribution in [0.5, 0.6) is 0 Å². The molecule has 1 rings (SSSR count). The summed E-state index contributed by atoms with van der Waals surface area (Å²) in [6, 6.07) is 9.16. The van der Waals surface area contributed by atoms with E-state index in [2.05, 4.69) is 4.33 Å². The molecule has 0 radical (unpaired) electrons. The molecule has 0 spiro atoms. The number of rotatable bonds is 2. The SMILES string of the molecule is [Cl][Pt][Cl].[NH-]NC(=O)N[Se]c1ccccc1. The molecule has 1 aromatic carbocycles. The number of urea groups is 1. The normalized spacial score (nSPS) is 8.73. The van der Waals surface area contributed by atoms with Gasteiger partial charge in [0.1, 0.15) is 0 Å². The molecular weight excluding hydrogens is 487 g/mol. The van der Waals surface area contributed by atoms with Crippen molar-refractivity contribution in [3.8, 4) is 0 Å². The number of amides is 2. The first-order valence-corrected chi connectivity index (χ1v) is 10.9. The molecule has 0 aromatic heterocycles. The van der Waals surface area contributed by atoms with E-state index in [1.54, 1.807) is 5.43 Å². The van der Waals surface area contributed by atoms with Crippen LogP contribution in [0.4, 0.5) is 4.79 Å². The van der Waals surface area contributed by atoms with Crippen LogP contribution in [0.3, 0.4) is 0 Å². The fraction of sp³-hybridized carbons (Fsp3) is 0. The first-order valence-electron chi connectivity index (χ1n) is 3.51. The fourth-order valence-corrected chi connectivity index (χ4v) is 1.78. The molecule has 0 aliphatic heterocycles. The second kappa shape index (κ2) is 10.7. The molecule has 0 fully saturated rings. The minimum atomic E-state index is -0.472. The Morgan fingerprint density at radius 1 is 1.33 bits per heavy atom. The molecule has 2 amide bonds. The molecule has 15 heavy (non-hydrogen) atoms. The zero-order valence-electron chi connectivity index (χ0n) is 7.28. The first kappa shape index (κ1) is 15.2. The summed E-state index contributed by atoms with van der Waals surface area (Å²) in [5.74, 6) is 6.52. The molecule has 0 atom stereocenters. The Morgan fingerprint density at radius 3 is 2.33 bits per heavy atom. The van der Waals surface area contributed by atoms with E-state index in [4.69, 9.17) is 24.7 Å². The van der Waals surface area contributed by atoms with Crippen molar-refractivity contribution in [1.82, 2.24) is 9.76 Å². The number of benzene rings is 1. The third kappa shape index (κ3) is 9.18. The van der Waals surface area contributed by atoms with Crippen molar-refractivity contribution < 1.29 is 21.3 Å². The Hall–Kier alpha value is 0.238. The number of nitrogens with one attached hydrogen (secondary N) is 3. The Bertz CT molecular complexity index is 278. The summed E-state index contributed by atoms with van der Waals surface area (Å²) >= 11 is -0.563. The van der Waals surface area contributed by atoms with Crippen LogP contribution in [0.25, 0.3) is 5.84 Å². The molecule has 0 heterocycles. The predicted octanol–water partition coefficient (Wildman–Crippen LogP) is 1.57. The van der Waals surface area contributed by atoms with E-state index in [-0.39, 0.29) is 15.2 Å². The number of carbonyl (C=O) groups excluding carboxylic acids is 1. The van der Waals surface area contributed by atoms with Crippen LogP contribution in [-0.2, 0) is 16.5 Å². The second-order valence-corrected chi connectivity index (χ2v) is 7.14. The van der Waals surface area contributed by atoms with Gasteiger partial charge in [0.2, 0.25) is 0 Å². The van der Waals surface area contributed by atoms with Gasteiger partial charge in [-0.1, -0.05) is 0 Å². The zero-order valence-corrected chi connectivity index (χ0v) is 12.8. The summed E-state index contributed by atoms with van der Waals surface area (Å²) in [5, 5.41) is 0. The predicted molar refractivity (Wildman–Crippen MR) is 59.5 cm³/mol. The monoisotopic (exact) mass is 495 g/mol. The maximum absolute atomic E-state index is 10.6. The Kier molecular flexibility index (Phi) is 10.9. The number of hydrogen-bond acceptors (Lipinski definition) is 1. The van der Waals surface area contributed by atoms with E-state index < -0.39 is 22.5 Å². The van der Waals surface area contributed by atoms with E-state index >= 15 is 0 Å². The van der Waals surface area contributed by atoms with Crippen LogP contribution >= 0.6 is 18.8 Å². The molecular formula is C7H8Cl2N3OPtSe-. The summed E-state index contributed by atoms with van der Waals surface area (Å²) in [7, 11) is 9.75. The summed E-state index contributed by atoms with van der Waals surface area (Å²) < 4.78 is 3.65. The van der Waals surface area contributed by atoms with Crippen LogP contribution in [0.2, 0.25) is 0 Å². The van der Waals surface area contributed by atoms with Gasteiger partial charge in [-0.3, -0.25) is 0 Å². The van der Waals surface area contributed by atoms with E-state index in [9.17, 15) is 4.79 Å². The van der Waals surface area contributed by atoms with Gasteiger partial charge in [0, 0.05) is 0 Å². The molecule has 1 aromatic rings. The van der Waals surface area contributed by atoms with Gasteiger partial charge < -0.3 is 0 Å². The van der Waals surface area contributed by atoms with E-state index in [1.807, 2.05) is 30.3 Å². The van der Waals surface area contributed by atoms with Gasteiger partial charge in [0.25, 0.3) is 0 Å². The van der Waals surface area contributed by atoms with Gasteiger partial charge in [-0.2, -0.15) is 0 Å². The van der Waals surface area contributed by atoms with Crippen LogP contribution < -0.4 is 14.2 Å². The van der Waals surface area contributed by atoms with Crippen molar-refractivity contribution in [3.63, 3.8) is 0 Å². The number of hydrogen-bond donors (Lipinski definition) is 2. The molecule has 0 saturated carbocycles. The molecule has 88 valence electrons. The van der Waals surface area contributed by atoms with Crippen molar-refractivity contribution in [2.24, 2.45) is 0 Å². The Morgan fingerprint density at radius 2 is 1.87 bits per heavy atom. The second-order valence-electron chi connectivity index (χ2n) is 2.02. The van der Waals surface area contributed by atoms with E-state index in [0.29, 0.717) is 0 Å². The summed E-state index contributed by atoms with van der Waals surface area (Å²) in [5.41, 5.74) is 1.75. The fourth-order valence-electron chi connectivity index (χ4n) is 0.619. The maximum atomic E-state index is 10.6. The van der Waals surface area contributed by atoms with E-state index in [1.165, 1.54) is 0 Å². The Labute approximate surface area is 111 Å². The van der Waals surface area contributed by atoms with Crippen LogP contribution in [0, 0.1) is 0 Å². The van der Waals surface area contributed by atoms with Gasteiger partial charge in [-0.05, 0) is 0 Å². The Balaban J connectivity index is 0.000000583. The van der Waals surface area contributed by atoms with Gasteiger partial charge in [-0.15, -0.1) is 0 Å². The van der Waals surface area contributed by atoms with Crippen LogP contribution in [0.15, 0.2) is 30.3 Å². The summed E-state index contributed by atoms with van der Waals surface area (Å²) in [4.78, 5) is 10.6. The van der Waals surface area contributed by atoms with Crippen molar-refractivity contribution in [2.45, 2.75) is 0 Å².